The summed E-state index contributed by atoms with van der Waals surface area (Å²) in [7, 11) is 0. The molecule has 7 nitrogen and oxygen atoms in total. The van der Waals surface area contributed by atoms with Crippen molar-refractivity contribution >= 4 is 22.5 Å². The van der Waals surface area contributed by atoms with E-state index in [4.69, 9.17) is 0 Å². The molecule has 4 rings (SSSR count). The van der Waals surface area contributed by atoms with Gasteiger partial charge >= 0.3 is 0 Å². The summed E-state index contributed by atoms with van der Waals surface area (Å²) < 4.78 is 14.6. The van der Waals surface area contributed by atoms with Gasteiger partial charge in [0.15, 0.2) is 0 Å². The topological polar surface area (TPSA) is 94.2 Å². The van der Waals surface area contributed by atoms with Crippen LogP contribution in [0.15, 0.2) is 83.7 Å². The van der Waals surface area contributed by atoms with Crippen LogP contribution in [0.3, 0.4) is 0 Å². The molecule has 0 spiro atoms. The Morgan fingerprint density at radius 2 is 1.65 bits per heavy atom. The minimum atomic E-state index is -0.587. The summed E-state index contributed by atoms with van der Waals surface area (Å²) in [6, 6.07) is 21.2. The minimum absolute atomic E-state index is 0.158. The first-order valence-corrected chi connectivity index (χ1v) is 10.8. The second-order valence-corrected chi connectivity index (χ2v) is 7.85. The first kappa shape index (κ1) is 22.8. The van der Waals surface area contributed by atoms with E-state index in [1.807, 2.05) is 30.3 Å². The van der Waals surface area contributed by atoms with Crippen LogP contribution in [-0.2, 0) is 19.4 Å². The number of carbonyl (C=O) groups is 1. The van der Waals surface area contributed by atoms with Gasteiger partial charge in [-0.3, -0.25) is 19.7 Å². The molecule has 0 aliphatic heterocycles. The van der Waals surface area contributed by atoms with Crippen molar-refractivity contribution in [3.8, 4) is 0 Å². The van der Waals surface area contributed by atoms with E-state index in [9.17, 15) is 24.1 Å². The predicted molar refractivity (Wildman–Crippen MR) is 127 cm³/mol. The molecule has 0 bridgehead atoms. The van der Waals surface area contributed by atoms with Crippen LogP contribution >= 0.6 is 0 Å². The van der Waals surface area contributed by atoms with Gasteiger partial charge in [0.1, 0.15) is 11.4 Å². The zero-order valence-electron chi connectivity index (χ0n) is 18.2. The molecule has 0 atom stereocenters. The smallest absolute Gasteiger partial charge is 0.278 e. The Labute approximate surface area is 194 Å². The number of halogens is 1. The van der Waals surface area contributed by atoms with Gasteiger partial charge in [-0.2, -0.15) is 0 Å². The SMILES string of the molecule is O=C(NCCc1ccccc1)c1cc2c([N+](=O)[O-])cccc2n(CCc2ccc(F)cc2)c1=O. The molecule has 0 aliphatic rings. The fourth-order valence-electron chi connectivity index (χ4n) is 3.88. The molecule has 8 heteroatoms. The lowest BCUT2D eigenvalue weighted by molar-refractivity contribution is -0.383. The number of non-ortho nitro benzene ring substituents is 1. The van der Waals surface area contributed by atoms with Gasteiger partial charge in [0.2, 0.25) is 0 Å². The van der Waals surface area contributed by atoms with Crippen molar-refractivity contribution in [1.82, 2.24) is 9.88 Å². The molecule has 0 saturated heterocycles. The van der Waals surface area contributed by atoms with E-state index in [0.717, 1.165) is 11.1 Å². The number of aryl methyl sites for hydroxylation is 2. The fraction of sp³-hybridized carbons (Fsp3) is 0.154. The van der Waals surface area contributed by atoms with Crippen LogP contribution in [0.4, 0.5) is 10.1 Å². The average molecular weight is 459 g/mol. The van der Waals surface area contributed by atoms with Crippen LogP contribution in [0.25, 0.3) is 10.9 Å². The lowest BCUT2D eigenvalue weighted by Crippen LogP contribution is -2.34. The quantitative estimate of drug-likeness (QED) is 0.315. The fourth-order valence-corrected chi connectivity index (χ4v) is 3.88. The number of benzene rings is 3. The maximum Gasteiger partial charge on any atom is 0.278 e. The van der Waals surface area contributed by atoms with E-state index in [0.29, 0.717) is 24.9 Å². The number of pyridine rings is 1. The molecule has 1 heterocycles. The first-order valence-electron chi connectivity index (χ1n) is 10.8. The third kappa shape index (κ3) is 5.01. The van der Waals surface area contributed by atoms with Crippen LogP contribution in [0.2, 0.25) is 0 Å². The van der Waals surface area contributed by atoms with E-state index in [1.54, 1.807) is 18.2 Å². The normalized spacial score (nSPS) is 10.9. The number of carbonyl (C=O) groups excluding carboxylic acids is 1. The number of nitrogens with zero attached hydrogens (tertiary/aromatic N) is 2. The number of rotatable bonds is 8. The van der Waals surface area contributed by atoms with E-state index in [2.05, 4.69) is 5.32 Å². The van der Waals surface area contributed by atoms with Crippen LogP contribution in [0.5, 0.6) is 0 Å². The molecule has 4 aromatic rings. The van der Waals surface area contributed by atoms with Gasteiger partial charge in [-0.1, -0.05) is 48.5 Å². The van der Waals surface area contributed by atoms with Gasteiger partial charge in [-0.25, -0.2) is 4.39 Å². The van der Waals surface area contributed by atoms with E-state index in [1.165, 1.54) is 34.9 Å². The molecule has 34 heavy (non-hydrogen) atoms. The van der Waals surface area contributed by atoms with Crippen LogP contribution in [-0.4, -0.2) is 21.9 Å². The molecular formula is C26H22FN3O4. The highest BCUT2D eigenvalue weighted by molar-refractivity contribution is 5.99. The number of nitrogens with one attached hydrogen (secondary N) is 1. The number of fused-ring (bicyclic) bond motifs is 1. The highest BCUT2D eigenvalue weighted by atomic mass is 19.1. The van der Waals surface area contributed by atoms with E-state index >= 15 is 0 Å². The Kier molecular flexibility index (Phi) is 6.77. The molecule has 3 aromatic carbocycles. The zero-order chi connectivity index (χ0) is 24.1. The zero-order valence-corrected chi connectivity index (χ0v) is 18.2. The monoisotopic (exact) mass is 459 g/mol. The number of amides is 1. The molecule has 0 saturated carbocycles. The average Bonchev–Trinajstić information content (AvgIpc) is 2.84. The molecule has 0 fully saturated rings. The largest absolute Gasteiger partial charge is 0.352 e. The second kappa shape index (κ2) is 10.1. The number of aromatic nitrogens is 1. The second-order valence-electron chi connectivity index (χ2n) is 7.85. The Balaban J connectivity index is 1.67. The lowest BCUT2D eigenvalue weighted by atomic mass is 10.1. The number of nitro benzene ring substituents is 1. The maximum absolute atomic E-state index is 13.3. The molecule has 0 aliphatic carbocycles. The molecular weight excluding hydrogens is 437 g/mol. The summed E-state index contributed by atoms with van der Waals surface area (Å²) in [5.41, 5.74) is 1.31. The number of hydrogen-bond acceptors (Lipinski definition) is 4. The van der Waals surface area contributed by atoms with Crippen molar-refractivity contribution in [2.24, 2.45) is 0 Å². The van der Waals surface area contributed by atoms with E-state index in [-0.39, 0.29) is 29.0 Å². The van der Waals surface area contributed by atoms with Crippen LogP contribution in [0.1, 0.15) is 21.5 Å². The Hall–Kier alpha value is -4.33. The van der Waals surface area contributed by atoms with Gasteiger partial charge in [-0.05, 0) is 48.2 Å². The maximum atomic E-state index is 13.3. The summed E-state index contributed by atoms with van der Waals surface area (Å²) >= 11 is 0. The third-order valence-electron chi connectivity index (χ3n) is 5.64. The third-order valence-corrected chi connectivity index (χ3v) is 5.64. The van der Waals surface area contributed by atoms with Crippen molar-refractivity contribution in [3.63, 3.8) is 0 Å². The highest BCUT2D eigenvalue weighted by Crippen LogP contribution is 2.25. The van der Waals surface area contributed by atoms with Gasteiger partial charge in [-0.15, -0.1) is 0 Å². The summed E-state index contributed by atoms with van der Waals surface area (Å²) in [6.45, 7) is 0.486. The van der Waals surface area contributed by atoms with Gasteiger partial charge in [0.25, 0.3) is 17.2 Å². The minimum Gasteiger partial charge on any atom is -0.352 e. The summed E-state index contributed by atoms with van der Waals surface area (Å²) in [5.74, 6) is -0.951. The van der Waals surface area contributed by atoms with Crippen molar-refractivity contribution in [2.75, 3.05) is 6.54 Å². The molecule has 1 amide bonds. The predicted octanol–water partition coefficient (Wildman–Crippen LogP) is 4.26. The molecule has 0 unspecified atom stereocenters. The van der Waals surface area contributed by atoms with Crippen molar-refractivity contribution in [2.45, 2.75) is 19.4 Å². The molecule has 172 valence electrons. The summed E-state index contributed by atoms with van der Waals surface area (Å²) in [6.07, 6.45) is 0.968. The van der Waals surface area contributed by atoms with Crippen molar-refractivity contribution in [1.29, 1.82) is 0 Å². The Morgan fingerprint density at radius 3 is 2.35 bits per heavy atom. The summed E-state index contributed by atoms with van der Waals surface area (Å²) in [5, 5.41) is 14.6. The lowest BCUT2D eigenvalue weighted by Gasteiger charge is -2.13. The van der Waals surface area contributed by atoms with Gasteiger partial charge < -0.3 is 9.88 Å². The van der Waals surface area contributed by atoms with E-state index < -0.39 is 16.4 Å². The number of nitro groups is 1. The highest BCUT2D eigenvalue weighted by Gasteiger charge is 2.20. The number of hydrogen-bond donors (Lipinski definition) is 1. The molecule has 0 radical (unpaired) electrons. The van der Waals surface area contributed by atoms with Gasteiger partial charge in [0, 0.05) is 19.2 Å². The first-order chi connectivity index (χ1) is 16.4. The van der Waals surface area contributed by atoms with Crippen molar-refractivity contribution < 1.29 is 14.1 Å². The van der Waals surface area contributed by atoms with Crippen LogP contribution < -0.4 is 10.9 Å². The Bertz CT molecular complexity index is 1400. The Morgan fingerprint density at radius 1 is 0.941 bits per heavy atom. The summed E-state index contributed by atoms with van der Waals surface area (Å²) in [4.78, 5) is 37.3. The molecule has 1 aromatic heterocycles. The molecule has 1 N–H and O–H groups in total. The standard InChI is InChI=1S/C26H22FN3O4/c27-20-11-9-19(10-12-20)14-16-29-23-7-4-8-24(30(33)34)21(23)17-22(26(29)32)25(31)28-15-13-18-5-2-1-3-6-18/h1-12,17H,13-16H2,(H,28,31). The van der Waals surface area contributed by atoms with Crippen LogP contribution in [0, 0.1) is 15.9 Å². The van der Waals surface area contributed by atoms with Gasteiger partial charge in [0.05, 0.1) is 15.8 Å². The van der Waals surface area contributed by atoms with Crippen molar-refractivity contribution in [3.05, 3.63) is 122 Å².